The summed E-state index contributed by atoms with van der Waals surface area (Å²) in [6.45, 7) is 4.36. The molecule has 1 atom stereocenters. The Bertz CT molecular complexity index is 98.9. The van der Waals surface area contributed by atoms with Crippen LogP contribution in [0.2, 0.25) is 0 Å². The number of methoxy groups -OCH3 is 1. The van der Waals surface area contributed by atoms with Gasteiger partial charge < -0.3 is 15.2 Å². The number of nitrogens with two attached hydrogens (primary N) is 1. The molecule has 0 aromatic carbocycles. The predicted octanol–water partition coefficient (Wildman–Crippen LogP) is 1.56. The number of hydrogen-bond acceptors (Lipinski definition) is 3. The molecule has 0 saturated carbocycles. The third-order valence-electron chi connectivity index (χ3n) is 1.90. The zero-order valence-corrected chi connectivity index (χ0v) is 8.92. The summed E-state index contributed by atoms with van der Waals surface area (Å²) in [5.41, 5.74) is 5.38. The van der Waals surface area contributed by atoms with Gasteiger partial charge >= 0.3 is 0 Å². The van der Waals surface area contributed by atoms with E-state index in [9.17, 15) is 0 Å². The van der Waals surface area contributed by atoms with Crippen LogP contribution in [0.25, 0.3) is 0 Å². The Balaban J connectivity index is 2.97. The molecule has 13 heavy (non-hydrogen) atoms. The zero-order chi connectivity index (χ0) is 9.94. The first-order chi connectivity index (χ1) is 6.31. The first-order valence-corrected chi connectivity index (χ1v) is 5.12. The molecule has 0 aliphatic rings. The maximum Gasteiger partial charge on any atom is 0.0780 e. The van der Waals surface area contributed by atoms with Gasteiger partial charge in [-0.1, -0.05) is 12.8 Å². The normalized spacial score (nSPS) is 13.2. The smallest absolute Gasteiger partial charge is 0.0780 e. The van der Waals surface area contributed by atoms with Crippen LogP contribution in [-0.2, 0) is 9.47 Å². The van der Waals surface area contributed by atoms with E-state index in [0.29, 0.717) is 6.61 Å². The van der Waals surface area contributed by atoms with Crippen LogP contribution in [0.4, 0.5) is 0 Å². The van der Waals surface area contributed by atoms with E-state index in [1.54, 1.807) is 7.11 Å². The summed E-state index contributed by atoms with van der Waals surface area (Å²) >= 11 is 0. The number of unbranched alkanes of at least 4 members (excludes halogenated alkanes) is 3. The Morgan fingerprint density at radius 2 is 1.85 bits per heavy atom. The molecule has 0 bridgehead atoms. The molecule has 0 spiro atoms. The molecule has 0 heterocycles. The second kappa shape index (κ2) is 9.96. The van der Waals surface area contributed by atoms with Gasteiger partial charge in [0.15, 0.2) is 0 Å². The first-order valence-electron chi connectivity index (χ1n) is 5.12. The summed E-state index contributed by atoms with van der Waals surface area (Å²) in [4.78, 5) is 0. The molecule has 0 rings (SSSR count). The van der Waals surface area contributed by atoms with E-state index in [2.05, 4.69) is 0 Å². The number of ether oxygens (including phenoxy) is 2. The fourth-order valence-corrected chi connectivity index (χ4v) is 1.17. The molecule has 3 heteroatoms. The molecular formula is C10H23NO2. The van der Waals surface area contributed by atoms with Gasteiger partial charge in [-0.3, -0.25) is 0 Å². The minimum Gasteiger partial charge on any atom is -0.382 e. The summed E-state index contributed by atoms with van der Waals surface area (Å²) < 4.78 is 10.5. The maximum absolute atomic E-state index is 5.51. The van der Waals surface area contributed by atoms with E-state index in [1.807, 2.05) is 6.92 Å². The average molecular weight is 189 g/mol. The van der Waals surface area contributed by atoms with Gasteiger partial charge in [-0.25, -0.2) is 0 Å². The number of hydrogen-bond donors (Lipinski definition) is 1. The summed E-state index contributed by atoms with van der Waals surface area (Å²) in [5.74, 6) is 0. The van der Waals surface area contributed by atoms with Gasteiger partial charge in [-0.2, -0.15) is 0 Å². The lowest BCUT2D eigenvalue weighted by Crippen LogP contribution is -2.15. The van der Waals surface area contributed by atoms with Gasteiger partial charge in [0.05, 0.1) is 12.7 Å². The molecule has 0 aliphatic carbocycles. The standard InChI is InChI=1S/C10H23NO2/c1-10(9-12-2)13-8-6-4-3-5-7-11/h10H,3-9,11H2,1-2H3. The largest absolute Gasteiger partial charge is 0.382 e. The Hall–Kier alpha value is -0.120. The predicted molar refractivity (Wildman–Crippen MR) is 54.8 cm³/mol. The Morgan fingerprint density at radius 3 is 2.46 bits per heavy atom. The van der Waals surface area contributed by atoms with E-state index in [-0.39, 0.29) is 6.10 Å². The van der Waals surface area contributed by atoms with Crippen molar-refractivity contribution in [1.82, 2.24) is 0 Å². The fourth-order valence-electron chi connectivity index (χ4n) is 1.17. The minimum absolute atomic E-state index is 0.222. The van der Waals surface area contributed by atoms with Crippen molar-refractivity contribution in [3.8, 4) is 0 Å². The van der Waals surface area contributed by atoms with Crippen LogP contribution in [0.1, 0.15) is 32.6 Å². The highest BCUT2D eigenvalue weighted by atomic mass is 16.5. The second-order valence-electron chi connectivity index (χ2n) is 3.34. The van der Waals surface area contributed by atoms with E-state index < -0.39 is 0 Å². The van der Waals surface area contributed by atoms with Crippen LogP contribution in [0.15, 0.2) is 0 Å². The third kappa shape index (κ3) is 9.80. The molecule has 0 amide bonds. The molecule has 0 aromatic rings. The van der Waals surface area contributed by atoms with E-state index >= 15 is 0 Å². The molecule has 80 valence electrons. The number of rotatable bonds is 9. The highest BCUT2D eigenvalue weighted by Gasteiger charge is 1.99. The monoisotopic (exact) mass is 189 g/mol. The van der Waals surface area contributed by atoms with Crippen LogP contribution < -0.4 is 5.73 Å². The van der Waals surface area contributed by atoms with Crippen molar-refractivity contribution in [3.63, 3.8) is 0 Å². The molecule has 2 N–H and O–H groups in total. The quantitative estimate of drug-likeness (QED) is 0.560. The SMILES string of the molecule is COCC(C)OCCCCCCN. The summed E-state index contributed by atoms with van der Waals surface area (Å²) in [6, 6.07) is 0. The van der Waals surface area contributed by atoms with Gasteiger partial charge in [0.2, 0.25) is 0 Å². The molecule has 0 aromatic heterocycles. The molecule has 0 radical (unpaired) electrons. The van der Waals surface area contributed by atoms with Crippen molar-refractivity contribution >= 4 is 0 Å². The van der Waals surface area contributed by atoms with Crippen molar-refractivity contribution in [2.24, 2.45) is 5.73 Å². The van der Waals surface area contributed by atoms with Gasteiger partial charge in [-0.05, 0) is 26.3 Å². The van der Waals surface area contributed by atoms with Crippen molar-refractivity contribution in [3.05, 3.63) is 0 Å². The van der Waals surface area contributed by atoms with Crippen LogP contribution >= 0.6 is 0 Å². The molecular weight excluding hydrogens is 166 g/mol. The van der Waals surface area contributed by atoms with Crippen molar-refractivity contribution in [1.29, 1.82) is 0 Å². The van der Waals surface area contributed by atoms with E-state index in [1.165, 1.54) is 12.8 Å². The van der Waals surface area contributed by atoms with Crippen LogP contribution in [0, 0.1) is 0 Å². The van der Waals surface area contributed by atoms with Gasteiger partial charge in [0.25, 0.3) is 0 Å². The van der Waals surface area contributed by atoms with Crippen molar-refractivity contribution in [2.45, 2.75) is 38.7 Å². The molecule has 3 nitrogen and oxygen atoms in total. The molecule has 0 aliphatic heterocycles. The van der Waals surface area contributed by atoms with Crippen LogP contribution in [0.5, 0.6) is 0 Å². The van der Waals surface area contributed by atoms with Gasteiger partial charge in [0, 0.05) is 13.7 Å². The van der Waals surface area contributed by atoms with Crippen molar-refractivity contribution in [2.75, 3.05) is 26.9 Å². The van der Waals surface area contributed by atoms with Crippen LogP contribution in [0.3, 0.4) is 0 Å². The molecule has 1 unspecified atom stereocenters. The summed E-state index contributed by atoms with van der Waals surface area (Å²) in [5, 5.41) is 0. The summed E-state index contributed by atoms with van der Waals surface area (Å²) in [7, 11) is 1.70. The summed E-state index contributed by atoms with van der Waals surface area (Å²) in [6.07, 6.45) is 4.93. The van der Waals surface area contributed by atoms with Gasteiger partial charge in [0.1, 0.15) is 0 Å². The lowest BCUT2D eigenvalue weighted by molar-refractivity contribution is 0.00765. The lowest BCUT2D eigenvalue weighted by Gasteiger charge is -2.11. The van der Waals surface area contributed by atoms with Crippen LogP contribution in [-0.4, -0.2) is 33.0 Å². The zero-order valence-electron chi connectivity index (χ0n) is 8.92. The topological polar surface area (TPSA) is 44.5 Å². The average Bonchev–Trinajstić information content (AvgIpc) is 2.11. The highest BCUT2D eigenvalue weighted by Crippen LogP contribution is 2.00. The Morgan fingerprint density at radius 1 is 1.15 bits per heavy atom. The van der Waals surface area contributed by atoms with Crippen molar-refractivity contribution < 1.29 is 9.47 Å². The molecule has 0 saturated heterocycles. The highest BCUT2D eigenvalue weighted by molar-refractivity contribution is 4.48. The Kier molecular flexibility index (Phi) is 9.87. The Labute approximate surface area is 81.6 Å². The van der Waals surface area contributed by atoms with E-state index in [0.717, 1.165) is 26.0 Å². The lowest BCUT2D eigenvalue weighted by atomic mass is 10.2. The molecule has 0 fully saturated rings. The second-order valence-corrected chi connectivity index (χ2v) is 3.34. The van der Waals surface area contributed by atoms with E-state index in [4.69, 9.17) is 15.2 Å². The van der Waals surface area contributed by atoms with Gasteiger partial charge in [-0.15, -0.1) is 0 Å². The maximum atomic E-state index is 5.51. The fraction of sp³-hybridized carbons (Fsp3) is 1.00. The third-order valence-corrected chi connectivity index (χ3v) is 1.90. The first kappa shape index (κ1) is 12.9. The minimum atomic E-state index is 0.222.